The van der Waals surface area contributed by atoms with Crippen molar-refractivity contribution in [1.82, 2.24) is 9.80 Å². The molecule has 0 radical (unpaired) electrons. The van der Waals surface area contributed by atoms with Gasteiger partial charge in [-0.2, -0.15) is 0 Å². The van der Waals surface area contributed by atoms with Gasteiger partial charge in [-0.05, 0) is 37.9 Å². The number of benzene rings is 1. The van der Waals surface area contributed by atoms with Gasteiger partial charge in [0, 0.05) is 22.6 Å². The van der Waals surface area contributed by atoms with Gasteiger partial charge in [-0.25, -0.2) is 0 Å². The number of hydrogen-bond donors (Lipinski definition) is 1. The van der Waals surface area contributed by atoms with Crippen LogP contribution in [0.2, 0.25) is 5.02 Å². The minimum Gasteiger partial charge on any atom is -0.370 e. The molecule has 0 saturated carbocycles. The van der Waals surface area contributed by atoms with Crippen LogP contribution in [0.3, 0.4) is 0 Å². The van der Waals surface area contributed by atoms with Crippen molar-refractivity contribution in [2.75, 3.05) is 33.7 Å². The van der Waals surface area contributed by atoms with E-state index in [1.54, 1.807) is 0 Å². The van der Waals surface area contributed by atoms with E-state index in [1.807, 2.05) is 32.3 Å². The topological polar surface area (TPSA) is 44.9 Å². The molecule has 6 heteroatoms. The zero-order chi connectivity index (χ0) is 14.0. The van der Waals surface area contributed by atoms with Gasteiger partial charge in [0.25, 0.3) is 0 Å². The highest BCUT2D eigenvalue weighted by Crippen LogP contribution is 2.32. The summed E-state index contributed by atoms with van der Waals surface area (Å²) in [5, 5.41) is 0.733. The molecule has 1 unspecified atom stereocenters. The second kappa shape index (κ2) is 6.11. The summed E-state index contributed by atoms with van der Waals surface area (Å²) < 4.78 is 1.04. The number of guanidine groups is 1. The van der Waals surface area contributed by atoms with Crippen LogP contribution in [0, 0.1) is 0 Å². The molecule has 0 spiro atoms. The Morgan fingerprint density at radius 3 is 2.95 bits per heavy atom. The van der Waals surface area contributed by atoms with Crippen LogP contribution in [0.5, 0.6) is 0 Å². The summed E-state index contributed by atoms with van der Waals surface area (Å²) in [7, 11) is 4.10. The second-order valence-corrected chi connectivity index (χ2v) is 6.17. The number of aliphatic imine (C=N–C) groups is 1. The third-order valence-corrected chi connectivity index (χ3v) is 4.16. The Morgan fingerprint density at radius 1 is 1.53 bits per heavy atom. The van der Waals surface area contributed by atoms with Gasteiger partial charge in [-0.15, -0.1) is 0 Å². The van der Waals surface area contributed by atoms with Crippen molar-refractivity contribution in [3.05, 3.63) is 33.3 Å². The maximum Gasteiger partial charge on any atom is 0.191 e. The molecular formula is C13H18BrClN4. The Balaban J connectivity index is 2.21. The highest BCUT2D eigenvalue weighted by Gasteiger charge is 2.28. The number of likely N-dealkylation sites (N-methyl/N-ethyl adjacent to an activating group) is 1. The summed E-state index contributed by atoms with van der Waals surface area (Å²) in [5.41, 5.74) is 7.12. The fourth-order valence-corrected chi connectivity index (χ4v) is 2.83. The first-order chi connectivity index (χ1) is 8.99. The molecular weight excluding hydrogens is 328 g/mol. The van der Waals surface area contributed by atoms with Crippen LogP contribution in [0.15, 0.2) is 27.7 Å². The highest BCUT2D eigenvalue weighted by molar-refractivity contribution is 9.10. The number of nitrogens with zero attached hydrogens (tertiary/aromatic N) is 3. The van der Waals surface area contributed by atoms with Gasteiger partial charge in [0.05, 0.1) is 12.6 Å². The third kappa shape index (κ3) is 3.41. The van der Waals surface area contributed by atoms with Gasteiger partial charge in [-0.1, -0.05) is 27.5 Å². The largest absolute Gasteiger partial charge is 0.370 e. The summed E-state index contributed by atoms with van der Waals surface area (Å²) in [5.74, 6) is 0.610. The predicted molar refractivity (Wildman–Crippen MR) is 83.6 cm³/mol. The quantitative estimate of drug-likeness (QED) is 0.911. The molecule has 104 valence electrons. The number of nitrogens with two attached hydrogens (primary N) is 1. The molecule has 1 aliphatic rings. The molecule has 0 amide bonds. The van der Waals surface area contributed by atoms with E-state index < -0.39 is 0 Å². The van der Waals surface area contributed by atoms with E-state index in [0.29, 0.717) is 12.5 Å². The molecule has 2 rings (SSSR count). The molecule has 0 saturated heterocycles. The molecule has 1 atom stereocenters. The first-order valence-electron chi connectivity index (χ1n) is 6.15. The van der Waals surface area contributed by atoms with Gasteiger partial charge >= 0.3 is 0 Å². The van der Waals surface area contributed by atoms with E-state index in [0.717, 1.165) is 28.1 Å². The summed E-state index contributed by atoms with van der Waals surface area (Å²) in [4.78, 5) is 8.63. The lowest BCUT2D eigenvalue weighted by molar-refractivity contribution is 0.292. The molecule has 4 nitrogen and oxygen atoms in total. The summed E-state index contributed by atoms with van der Waals surface area (Å²) >= 11 is 9.67. The normalized spacial score (nSPS) is 19.1. The predicted octanol–water partition coefficient (Wildman–Crippen LogP) is 2.34. The molecule has 1 aromatic rings. The number of rotatable bonds is 4. The molecule has 0 aliphatic carbocycles. The fourth-order valence-electron chi connectivity index (χ4n) is 2.14. The molecule has 1 aromatic carbocycles. The van der Waals surface area contributed by atoms with Gasteiger partial charge in [0.15, 0.2) is 5.96 Å². The Hall–Kier alpha value is -0.780. The minimum atomic E-state index is 0.160. The van der Waals surface area contributed by atoms with Gasteiger partial charge in [0.2, 0.25) is 0 Å². The summed E-state index contributed by atoms with van der Waals surface area (Å²) in [6.07, 6.45) is 0. The van der Waals surface area contributed by atoms with Gasteiger partial charge < -0.3 is 15.5 Å². The highest BCUT2D eigenvalue weighted by atomic mass is 79.9. The molecule has 19 heavy (non-hydrogen) atoms. The van der Waals surface area contributed by atoms with Crippen molar-refractivity contribution in [2.24, 2.45) is 10.7 Å². The zero-order valence-electron chi connectivity index (χ0n) is 11.1. The lowest BCUT2D eigenvalue weighted by atomic mass is 10.1. The maximum atomic E-state index is 6.09. The van der Waals surface area contributed by atoms with E-state index in [9.17, 15) is 0 Å². The van der Waals surface area contributed by atoms with Crippen LogP contribution in [0.4, 0.5) is 0 Å². The molecule has 2 N–H and O–H groups in total. The molecule has 0 bridgehead atoms. The van der Waals surface area contributed by atoms with E-state index in [2.05, 4.69) is 30.7 Å². The van der Waals surface area contributed by atoms with Crippen LogP contribution in [-0.4, -0.2) is 49.5 Å². The SMILES string of the molecule is CN(C)CCN1C(N)=NCC1c1cc(Cl)ccc1Br. The van der Waals surface area contributed by atoms with Crippen LogP contribution < -0.4 is 5.73 Å². The van der Waals surface area contributed by atoms with E-state index in [-0.39, 0.29) is 6.04 Å². The molecule has 1 heterocycles. The minimum absolute atomic E-state index is 0.160. The Labute approximate surface area is 127 Å². The second-order valence-electron chi connectivity index (χ2n) is 4.88. The molecule has 0 fully saturated rings. The van der Waals surface area contributed by atoms with Crippen molar-refractivity contribution < 1.29 is 0 Å². The molecule has 0 aromatic heterocycles. The lowest BCUT2D eigenvalue weighted by Gasteiger charge is -2.28. The number of hydrogen-bond acceptors (Lipinski definition) is 4. The third-order valence-electron chi connectivity index (χ3n) is 3.20. The van der Waals surface area contributed by atoms with Crippen LogP contribution in [0.25, 0.3) is 0 Å². The lowest BCUT2D eigenvalue weighted by Crippen LogP contribution is -2.40. The summed E-state index contributed by atoms with van der Waals surface area (Å²) in [6, 6.07) is 5.98. The van der Waals surface area contributed by atoms with Crippen molar-refractivity contribution >= 4 is 33.5 Å². The summed E-state index contributed by atoms with van der Waals surface area (Å²) in [6.45, 7) is 2.47. The monoisotopic (exact) mass is 344 g/mol. The van der Waals surface area contributed by atoms with Crippen molar-refractivity contribution in [1.29, 1.82) is 0 Å². The van der Waals surface area contributed by atoms with Gasteiger partial charge in [-0.3, -0.25) is 4.99 Å². The number of halogens is 2. The van der Waals surface area contributed by atoms with E-state index >= 15 is 0 Å². The smallest absolute Gasteiger partial charge is 0.191 e. The Morgan fingerprint density at radius 2 is 2.26 bits per heavy atom. The van der Waals surface area contributed by atoms with Crippen molar-refractivity contribution in [3.63, 3.8) is 0 Å². The maximum absolute atomic E-state index is 6.09. The van der Waals surface area contributed by atoms with Crippen LogP contribution in [0.1, 0.15) is 11.6 Å². The Bertz CT molecular complexity index is 490. The van der Waals surface area contributed by atoms with E-state index in [1.165, 1.54) is 0 Å². The standard InChI is InChI=1S/C13H18BrClN4/c1-18(2)5-6-19-12(8-17-13(19)16)10-7-9(15)3-4-11(10)14/h3-4,7,12H,5-6,8H2,1-2H3,(H2,16,17). The first kappa shape index (κ1) is 14.6. The molecule has 1 aliphatic heterocycles. The fraction of sp³-hybridized carbons (Fsp3) is 0.462. The Kier molecular flexibility index (Phi) is 4.71. The van der Waals surface area contributed by atoms with Crippen molar-refractivity contribution in [3.8, 4) is 0 Å². The van der Waals surface area contributed by atoms with Gasteiger partial charge in [0.1, 0.15) is 0 Å². The average molecular weight is 346 g/mol. The van der Waals surface area contributed by atoms with Crippen molar-refractivity contribution in [2.45, 2.75) is 6.04 Å². The zero-order valence-corrected chi connectivity index (χ0v) is 13.4. The van der Waals surface area contributed by atoms with E-state index in [4.69, 9.17) is 17.3 Å². The average Bonchev–Trinajstić information content (AvgIpc) is 2.71. The van der Waals surface area contributed by atoms with Crippen LogP contribution >= 0.6 is 27.5 Å². The first-order valence-corrected chi connectivity index (χ1v) is 7.32. The van der Waals surface area contributed by atoms with Crippen LogP contribution in [-0.2, 0) is 0 Å².